The van der Waals surface area contributed by atoms with Crippen molar-refractivity contribution in [2.45, 2.75) is 12.5 Å². The van der Waals surface area contributed by atoms with Gasteiger partial charge in [0.15, 0.2) is 5.15 Å². The zero-order valence-electron chi connectivity index (χ0n) is 21.6. The monoisotopic (exact) mass is 596 g/mol. The van der Waals surface area contributed by atoms with E-state index in [9.17, 15) is 14.4 Å². The zero-order valence-corrected chi connectivity index (χ0v) is 23.1. The number of hydrogen-bond donors (Lipinski definition) is 2. The number of anilines is 1. The van der Waals surface area contributed by atoms with Crippen LogP contribution >= 0.6 is 23.2 Å². The molecule has 0 saturated carbocycles. The van der Waals surface area contributed by atoms with E-state index in [0.29, 0.717) is 33.1 Å². The van der Waals surface area contributed by atoms with Crippen LogP contribution in [-0.4, -0.2) is 62.6 Å². The molecule has 41 heavy (non-hydrogen) atoms. The van der Waals surface area contributed by atoms with Crippen LogP contribution in [0, 0.1) is 0 Å². The summed E-state index contributed by atoms with van der Waals surface area (Å²) in [4.78, 5) is 36.6. The number of methoxy groups -OCH3 is 2. The molecule has 210 valence electrons. The lowest BCUT2D eigenvalue weighted by Gasteiger charge is -2.17. The van der Waals surface area contributed by atoms with Crippen molar-refractivity contribution in [2.75, 3.05) is 19.5 Å². The van der Waals surface area contributed by atoms with Crippen LogP contribution in [0.25, 0.3) is 22.9 Å². The maximum absolute atomic E-state index is 13.0. The lowest BCUT2D eigenvalue weighted by Crippen LogP contribution is -2.30. The first-order valence-corrected chi connectivity index (χ1v) is 12.6. The molecule has 0 saturated heterocycles. The van der Waals surface area contributed by atoms with Gasteiger partial charge in [0, 0.05) is 27.9 Å². The molecule has 4 rings (SSSR count). The number of esters is 1. The molecule has 4 aromatic rings. The third kappa shape index (κ3) is 7.62. The van der Waals surface area contributed by atoms with Crippen LogP contribution in [0.3, 0.4) is 0 Å². The van der Waals surface area contributed by atoms with Crippen molar-refractivity contribution in [1.82, 2.24) is 35.7 Å². The maximum atomic E-state index is 13.0. The van der Waals surface area contributed by atoms with Crippen LogP contribution in [-0.2, 0) is 19.1 Å². The Morgan fingerprint density at radius 2 is 1.80 bits per heavy atom. The van der Waals surface area contributed by atoms with Gasteiger partial charge in [-0.1, -0.05) is 35.3 Å². The molecule has 0 spiro atoms. The average Bonchev–Trinajstić information content (AvgIpc) is 3.51. The van der Waals surface area contributed by atoms with E-state index in [2.05, 4.69) is 41.1 Å². The molecule has 0 radical (unpaired) electrons. The highest BCUT2D eigenvalue weighted by Gasteiger charge is 2.22. The Bertz CT molecular complexity index is 1580. The summed E-state index contributed by atoms with van der Waals surface area (Å²) in [5.41, 5.74) is 3.08. The molecule has 2 N–H and O–H groups in total. The van der Waals surface area contributed by atoms with Gasteiger partial charge in [-0.2, -0.15) is 9.78 Å². The highest BCUT2D eigenvalue weighted by Crippen LogP contribution is 2.30. The van der Waals surface area contributed by atoms with E-state index >= 15 is 0 Å². The van der Waals surface area contributed by atoms with E-state index in [-0.39, 0.29) is 17.3 Å². The fourth-order valence-electron chi connectivity index (χ4n) is 3.67. The molecule has 1 unspecified atom stereocenters. The maximum Gasteiger partial charge on any atom is 0.411 e. The number of amides is 2. The van der Waals surface area contributed by atoms with Gasteiger partial charge in [-0.3, -0.25) is 14.9 Å². The van der Waals surface area contributed by atoms with Crippen molar-refractivity contribution < 1.29 is 23.9 Å². The van der Waals surface area contributed by atoms with Crippen molar-refractivity contribution in [3.8, 4) is 16.8 Å². The minimum Gasteiger partial charge on any atom is -0.469 e. The summed E-state index contributed by atoms with van der Waals surface area (Å²) in [6.07, 6.45) is 3.40. The normalized spacial score (nSPS) is 11.6. The molecular weight excluding hydrogens is 575 g/mol. The molecule has 15 heteroatoms. The highest BCUT2D eigenvalue weighted by molar-refractivity contribution is 6.32. The van der Waals surface area contributed by atoms with Crippen molar-refractivity contribution in [3.05, 3.63) is 82.4 Å². The summed E-state index contributed by atoms with van der Waals surface area (Å²) in [5, 5.41) is 25.1. The van der Waals surface area contributed by atoms with Crippen molar-refractivity contribution >= 4 is 52.9 Å². The van der Waals surface area contributed by atoms with Gasteiger partial charge in [-0.15, -0.1) is 10.2 Å². The predicted molar refractivity (Wildman–Crippen MR) is 149 cm³/mol. The molecule has 0 aliphatic rings. The quantitative estimate of drug-likeness (QED) is 0.213. The van der Waals surface area contributed by atoms with E-state index in [4.69, 9.17) is 27.9 Å². The van der Waals surface area contributed by atoms with Gasteiger partial charge < -0.3 is 14.8 Å². The van der Waals surface area contributed by atoms with Crippen LogP contribution in [0.15, 0.2) is 60.9 Å². The van der Waals surface area contributed by atoms with E-state index in [1.54, 1.807) is 48.5 Å². The van der Waals surface area contributed by atoms with E-state index in [1.165, 1.54) is 37.4 Å². The Morgan fingerprint density at radius 3 is 2.49 bits per heavy atom. The number of carbonyl (C=O) groups excluding carboxylic acids is 3. The number of carbonyl (C=O) groups is 3. The molecule has 0 fully saturated rings. The molecule has 0 bridgehead atoms. The highest BCUT2D eigenvalue weighted by atomic mass is 35.5. The third-order valence-electron chi connectivity index (χ3n) is 5.67. The van der Waals surface area contributed by atoms with Crippen LogP contribution < -0.4 is 10.6 Å². The first-order chi connectivity index (χ1) is 19.8. The molecule has 2 heterocycles. The van der Waals surface area contributed by atoms with E-state index in [1.807, 2.05) is 0 Å². The molecule has 2 aromatic heterocycles. The summed E-state index contributed by atoms with van der Waals surface area (Å²) in [5.74, 6) is -1.11. The second-order valence-electron chi connectivity index (χ2n) is 8.30. The number of rotatable bonds is 9. The SMILES string of the molecule is COC(=O)CC(NC(=O)C=Cc1cc(Cl)ccc1-n1cnnn1)c1cc(-c2ccc(NC(=O)OC)cc2)c(Cl)nn1. The fourth-order valence-corrected chi connectivity index (χ4v) is 4.05. The second-order valence-corrected chi connectivity index (χ2v) is 9.09. The smallest absolute Gasteiger partial charge is 0.411 e. The number of nitrogens with zero attached hydrogens (tertiary/aromatic N) is 6. The van der Waals surface area contributed by atoms with Crippen LogP contribution in [0.1, 0.15) is 23.7 Å². The van der Waals surface area contributed by atoms with Gasteiger partial charge in [0.05, 0.1) is 38.1 Å². The van der Waals surface area contributed by atoms with E-state index in [0.717, 1.165) is 0 Å². The van der Waals surface area contributed by atoms with Crippen molar-refractivity contribution in [3.63, 3.8) is 0 Å². The Hall–Kier alpha value is -4.88. The Labute approximate surface area is 243 Å². The molecule has 2 aromatic carbocycles. The lowest BCUT2D eigenvalue weighted by atomic mass is 10.0. The summed E-state index contributed by atoms with van der Waals surface area (Å²) in [6.45, 7) is 0. The Kier molecular flexibility index (Phi) is 9.55. The van der Waals surface area contributed by atoms with Crippen LogP contribution in [0.5, 0.6) is 0 Å². The number of nitrogens with one attached hydrogen (secondary N) is 2. The molecule has 13 nitrogen and oxygen atoms in total. The van der Waals surface area contributed by atoms with Crippen LogP contribution in [0.4, 0.5) is 10.5 Å². The Morgan fingerprint density at radius 1 is 1.02 bits per heavy atom. The molecule has 2 amide bonds. The van der Waals surface area contributed by atoms with Gasteiger partial charge in [0.25, 0.3) is 0 Å². The van der Waals surface area contributed by atoms with Crippen molar-refractivity contribution in [2.24, 2.45) is 0 Å². The summed E-state index contributed by atoms with van der Waals surface area (Å²) < 4.78 is 10.8. The number of ether oxygens (including phenoxy) is 2. The second kappa shape index (κ2) is 13.5. The summed E-state index contributed by atoms with van der Waals surface area (Å²) in [7, 11) is 2.50. The first kappa shape index (κ1) is 29.1. The van der Waals surface area contributed by atoms with Crippen molar-refractivity contribution in [1.29, 1.82) is 0 Å². The van der Waals surface area contributed by atoms with Gasteiger partial charge in [-0.05, 0) is 58.5 Å². The average molecular weight is 597 g/mol. The first-order valence-electron chi connectivity index (χ1n) is 11.8. The number of halogens is 2. The molecule has 0 aliphatic heterocycles. The van der Waals surface area contributed by atoms with Gasteiger partial charge >= 0.3 is 12.1 Å². The topological polar surface area (TPSA) is 163 Å². The minimum absolute atomic E-state index is 0.0987. The molecule has 0 aliphatic carbocycles. The van der Waals surface area contributed by atoms with E-state index < -0.39 is 24.0 Å². The summed E-state index contributed by atoms with van der Waals surface area (Å²) >= 11 is 12.5. The molecule has 1 atom stereocenters. The number of tetrazole rings is 1. The van der Waals surface area contributed by atoms with Crippen LogP contribution in [0.2, 0.25) is 10.2 Å². The summed E-state index contributed by atoms with van der Waals surface area (Å²) in [6, 6.07) is 12.5. The van der Waals surface area contributed by atoms with Gasteiger partial charge in [0.1, 0.15) is 6.33 Å². The Balaban J connectivity index is 1.58. The predicted octanol–water partition coefficient (Wildman–Crippen LogP) is 4.04. The number of hydrogen-bond acceptors (Lipinski definition) is 10. The largest absolute Gasteiger partial charge is 0.469 e. The molecular formula is C26H22Cl2N8O5. The number of benzene rings is 2. The minimum atomic E-state index is -0.901. The van der Waals surface area contributed by atoms with Gasteiger partial charge in [0.2, 0.25) is 5.91 Å². The lowest BCUT2D eigenvalue weighted by molar-refractivity contribution is -0.141. The standard InChI is InChI=1S/C26H22Cl2N8O5/c1-40-24(38)13-20(31-23(37)10-5-16-11-17(27)6-9-22(16)36-14-29-34-35-36)21-12-19(25(28)33-32-21)15-3-7-18(8-4-15)30-26(39)41-2/h3-12,14,20H,13H2,1-2H3,(H,30,39)(H,31,37). The fraction of sp³-hybridized carbons (Fsp3) is 0.154. The zero-order chi connectivity index (χ0) is 29.4. The third-order valence-corrected chi connectivity index (χ3v) is 6.18. The number of aromatic nitrogens is 6. The van der Waals surface area contributed by atoms with Gasteiger partial charge in [-0.25, -0.2) is 4.79 Å².